The number of hydrogen-bond acceptors (Lipinski definition) is 4. The summed E-state index contributed by atoms with van der Waals surface area (Å²) in [6, 6.07) is 0.0794. The number of nitrogens with one attached hydrogen (secondary N) is 1. The Bertz CT molecular complexity index is 611. The van der Waals surface area contributed by atoms with E-state index in [1.807, 2.05) is 16.4 Å². The number of aromatic nitrogens is 2. The van der Waals surface area contributed by atoms with Gasteiger partial charge in [-0.25, -0.2) is 18.1 Å². The molecule has 7 nitrogen and oxygen atoms in total. The Morgan fingerprint density at radius 2 is 2.23 bits per heavy atom. The molecule has 0 aliphatic carbocycles. The number of aryl methyl sites for hydroxylation is 1. The van der Waals surface area contributed by atoms with Crippen molar-refractivity contribution in [1.29, 1.82) is 0 Å². The third kappa shape index (κ3) is 4.30. The van der Waals surface area contributed by atoms with Gasteiger partial charge in [-0.15, -0.1) is 0 Å². The molecule has 1 atom stereocenters. The SMILES string of the molecule is CCn1cncc1C(=O)N1CCCC[C@@H]1CCNS(C)(=O)=O. The van der Waals surface area contributed by atoms with Crippen LogP contribution in [0.15, 0.2) is 12.5 Å². The number of carbonyl (C=O) groups is 1. The second kappa shape index (κ2) is 7.23. The van der Waals surface area contributed by atoms with Crippen molar-refractivity contribution in [2.45, 2.75) is 45.2 Å². The lowest BCUT2D eigenvalue weighted by Crippen LogP contribution is -2.45. The second-order valence-corrected chi connectivity index (χ2v) is 7.50. The zero-order chi connectivity index (χ0) is 16.2. The summed E-state index contributed by atoms with van der Waals surface area (Å²) in [5, 5.41) is 0. The molecule has 0 aromatic carbocycles. The molecule has 22 heavy (non-hydrogen) atoms. The van der Waals surface area contributed by atoms with E-state index in [1.165, 1.54) is 0 Å². The van der Waals surface area contributed by atoms with Gasteiger partial charge in [0.25, 0.3) is 5.91 Å². The molecule has 1 aromatic heterocycles. The van der Waals surface area contributed by atoms with Crippen LogP contribution in [0.25, 0.3) is 0 Å². The normalized spacial score (nSPS) is 19.4. The average molecular weight is 328 g/mol. The minimum atomic E-state index is -3.18. The summed E-state index contributed by atoms with van der Waals surface area (Å²) in [5.74, 6) is -0.0107. The Balaban J connectivity index is 2.04. The van der Waals surface area contributed by atoms with E-state index in [9.17, 15) is 13.2 Å². The largest absolute Gasteiger partial charge is 0.334 e. The summed E-state index contributed by atoms with van der Waals surface area (Å²) >= 11 is 0. The Kier molecular flexibility index (Phi) is 5.57. The Morgan fingerprint density at radius 1 is 1.45 bits per heavy atom. The molecule has 2 rings (SSSR count). The molecule has 1 fully saturated rings. The first kappa shape index (κ1) is 17.0. The second-order valence-electron chi connectivity index (χ2n) is 5.67. The number of rotatable bonds is 6. The topological polar surface area (TPSA) is 84.3 Å². The Morgan fingerprint density at radius 3 is 2.91 bits per heavy atom. The zero-order valence-electron chi connectivity index (χ0n) is 13.2. The predicted molar refractivity (Wildman–Crippen MR) is 84.0 cm³/mol. The highest BCUT2D eigenvalue weighted by molar-refractivity contribution is 7.88. The summed E-state index contributed by atoms with van der Waals surface area (Å²) in [6.07, 6.45) is 8.03. The molecule has 0 bridgehead atoms. The van der Waals surface area contributed by atoms with Crippen LogP contribution in [-0.4, -0.2) is 54.2 Å². The first-order valence-corrected chi connectivity index (χ1v) is 9.57. The van der Waals surface area contributed by atoms with Crippen molar-refractivity contribution < 1.29 is 13.2 Å². The zero-order valence-corrected chi connectivity index (χ0v) is 14.0. The minimum absolute atomic E-state index is 0.0107. The molecule has 1 aromatic rings. The van der Waals surface area contributed by atoms with Crippen molar-refractivity contribution in [1.82, 2.24) is 19.2 Å². The van der Waals surface area contributed by atoms with Crippen molar-refractivity contribution in [3.63, 3.8) is 0 Å². The van der Waals surface area contributed by atoms with E-state index in [4.69, 9.17) is 0 Å². The van der Waals surface area contributed by atoms with Crippen LogP contribution < -0.4 is 4.72 Å². The third-order valence-corrected chi connectivity index (χ3v) is 4.73. The van der Waals surface area contributed by atoms with Crippen molar-refractivity contribution >= 4 is 15.9 Å². The number of amides is 1. The van der Waals surface area contributed by atoms with E-state index in [-0.39, 0.29) is 11.9 Å². The van der Waals surface area contributed by atoms with Crippen molar-refractivity contribution in [2.24, 2.45) is 0 Å². The van der Waals surface area contributed by atoms with Gasteiger partial charge in [0.05, 0.1) is 18.8 Å². The molecule has 124 valence electrons. The van der Waals surface area contributed by atoms with Gasteiger partial charge in [-0.3, -0.25) is 4.79 Å². The van der Waals surface area contributed by atoms with Gasteiger partial charge in [0.1, 0.15) is 5.69 Å². The van der Waals surface area contributed by atoms with Crippen LogP contribution in [0.5, 0.6) is 0 Å². The highest BCUT2D eigenvalue weighted by Gasteiger charge is 2.28. The van der Waals surface area contributed by atoms with Gasteiger partial charge in [0, 0.05) is 25.7 Å². The number of nitrogens with zero attached hydrogens (tertiary/aromatic N) is 3. The van der Waals surface area contributed by atoms with Gasteiger partial charge in [-0.1, -0.05) is 0 Å². The lowest BCUT2D eigenvalue weighted by molar-refractivity contribution is 0.0593. The molecule has 1 N–H and O–H groups in total. The fourth-order valence-corrected chi connectivity index (χ4v) is 3.37. The van der Waals surface area contributed by atoms with E-state index in [2.05, 4.69) is 9.71 Å². The molecule has 1 aliphatic heterocycles. The molecule has 1 saturated heterocycles. The molecule has 1 amide bonds. The maximum Gasteiger partial charge on any atom is 0.272 e. The Labute approximate surface area is 131 Å². The van der Waals surface area contributed by atoms with Crippen LogP contribution >= 0.6 is 0 Å². The molecule has 8 heteroatoms. The number of imidazole rings is 1. The van der Waals surface area contributed by atoms with Gasteiger partial charge >= 0.3 is 0 Å². The van der Waals surface area contributed by atoms with Crippen LogP contribution in [0, 0.1) is 0 Å². The van der Waals surface area contributed by atoms with E-state index in [0.29, 0.717) is 25.2 Å². The van der Waals surface area contributed by atoms with Crippen LogP contribution in [0.2, 0.25) is 0 Å². The minimum Gasteiger partial charge on any atom is -0.334 e. The lowest BCUT2D eigenvalue weighted by atomic mass is 9.99. The highest BCUT2D eigenvalue weighted by Crippen LogP contribution is 2.21. The molecule has 0 saturated carbocycles. The number of sulfonamides is 1. The first-order chi connectivity index (χ1) is 10.4. The molecule has 0 spiro atoms. The molecule has 2 heterocycles. The lowest BCUT2D eigenvalue weighted by Gasteiger charge is -2.36. The summed E-state index contributed by atoms with van der Waals surface area (Å²) in [6.45, 7) is 3.76. The monoisotopic (exact) mass is 328 g/mol. The predicted octanol–water partition coefficient (Wildman–Crippen LogP) is 0.837. The van der Waals surface area contributed by atoms with Crippen LogP contribution in [0.4, 0.5) is 0 Å². The van der Waals surface area contributed by atoms with Gasteiger partial charge in [0.2, 0.25) is 10.0 Å². The van der Waals surface area contributed by atoms with Crippen LogP contribution in [0.1, 0.15) is 43.1 Å². The van der Waals surface area contributed by atoms with Crippen molar-refractivity contribution in [3.05, 3.63) is 18.2 Å². The van der Waals surface area contributed by atoms with Crippen LogP contribution in [0.3, 0.4) is 0 Å². The molecular weight excluding hydrogens is 304 g/mol. The number of hydrogen-bond donors (Lipinski definition) is 1. The van der Waals surface area contributed by atoms with Crippen molar-refractivity contribution in [3.8, 4) is 0 Å². The fraction of sp³-hybridized carbons (Fsp3) is 0.714. The maximum absolute atomic E-state index is 12.7. The highest BCUT2D eigenvalue weighted by atomic mass is 32.2. The summed E-state index contributed by atoms with van der Waals surface area (Å²) in [7, 11) is -3.18. The van der Waals surface area contributed by atoms with E-state index in [0.717, 1.165) is 32.1 Å². The number of carbonyl (C=O) groups excluding carboxylic acids is 1. The summed E-state index contributed by atoms with van der Waals surface area (Å²) in [4.78, 5) is 18.7. The van der Waals surface area contributed by atoms with Gasteiger partial charge in [0.15, 0.2) is 0 Å². The fourth-order valence-electron chi connectivity index (χ4n) is 2.88. The first-order valence-electron chi connectivity index (χ1n) is 7.68. The van der Waals surface area contributed by atoms with Gasteiger partial charge < -0.3 is 9.47 Å². The standard InChI is InChI=1S/C14H24N4O3S/c1-3-17-11-15-10-13(17)14(19)18-9-5-4-6-12(18)7-8-16-22(2,20)21/h10-12,16H,3-9H2,1-2H3/t12-/m1/s1. The van der Waals surface area contributed by atoms with Gasteiger partial charge in [-0.2, -0.15) is 0 Å². The molecule has 1 aliphatic rings. The van der Waals surface area contributed by atoms with Gasteiger partial charge in [-0.05, 0) is 32.6 Å². The molecular formula is C14H24N4O3S. The summed E-state index contributed by atoms with van der Waals surface area (Å²) < 4.78 is 26.6. The average Bonchev–Trinajstić information content (AvgIpc) is 2.94. The Hall–Kier alpha value is -1.41. The van der Waals surface area contributed by atoms with Crippen molar-refractivity contribution in [2.75, 3.05) is 19.3 Å². The number of likely N-dealkylation sites (tertiary alicyclic amines) is 1. The molecule has 0 unspecified atom stereocenters. The van der Waals surface area contributed by atoms with E-state index < -0.39 is 10.0 Å². The van der Waals surface area contributed by atoms with Crippen LogP contribution in [-0.2, 0) is 16.6 Å². The summed E-state index contributed by atoms with van der Waals surface area (Å²) in [5.41, 5.74) is 0.602. The quantitative estimate of drug-likeness (QED) is 0.838. The smallest absolute Gasteiger partial charge is 0.272 e. The maximum atomic E-state index is 12.7. The van der Waals surface area contributed by atoms with E-state index in [1.54, 1.807) is 12.5 Å². The third-order valence-electron chi connectivity index (χ3n) is 4.00. The number of piperidine rings is 1. The van der Waals surface area contributed by atoms with E-state index >= 15 is 0 Å². The molecule has 0 radical (unpaired) electrons.